The second kappa shape index (κ2) is 9.63. The first-order valence-corrected chi connectivity index (χ1v) is 12.1. The Bertz CT molecular complexity index is 1060. The van der Waals surface area contributed by atoms with E-state index >= 15 is 0 Å². The van der Waals surface area contributed by atoms with E-state index in [1.54, 1.807) is 12.1 Å². The highest BCUT2D eigenvalue weighted by Crippen LogP contribution is 2.26. The summed E-state index contributed by atoms with van der Waals surface area (Å²) < 4.78 is 27.3. The molecule has 1 saturated heterocycles. The van der Waals surface area contributed by atoms with Crippen LogP contribution in [0.4, 0.5) is 0 Å². The van der Waals surface area contributed by atoms with E-state index in [0.29, 0.717) is 18.8 Å². The summed E-state index contributed by atoms with van der Waals surface area (Å²) >= 11 is 0. The number of piperidine rings is 1. The highest BCUT2D eigenvalue weighted by atomic mass is 32.2. The van der Waals surface area contributed by atoms with Crippen LogP contribution in [0.25, 0.3) is 0 Å². The highest BCUT2D eigenvalue weighted by Gasteiger charge is 2.33. The number of nitriles is 1. The van der Waals surface area contributed by atoms with Crippen LogP contribution >= 0.6 is 0 Å². The molecule has 1 aliphatic heterocycles. The maximum atomic E-state index is 13.0. The maximum absolute atomic E-state index is 13.0. The summed E-state index contributed by atoms with van der Waals surface area (Å²) in [5.74, 6) is 0.186. The fourth-order valence-electron chi connectivity index (χ4n) is 3.87. The number of hydrogen-bond donors (Lipinski definition) is 1. The molecule has 31 heavy (non-hydrogen) atoms. The molecule has 2 aromatic rings. The van der Waals surface area contributed by atoms with Crippen molar-refractivity contribution in [2.24, 2.45) is 5.92 Å². The molecule has 0 bridgehead atoms. The van der Waals surface area contributed by atoms with Gasteiger partial charge in [-0.2, -0.15) is 9.57 Å². The fourth-order valence-corrected chi connectivity index (χ4v) is 5.48. The van der Waals surface area contributed by atoms with Crippen molar-refractivity contribution in [1.29, 1.82) is 5.26 Å². The largest absolute Gasteiger partial charge is 0.349 e. The molecule has 1 aliphatic rings. The number of carbonyl (C=O) groups is 1. The predicted octanol–water partition coefficient (Wildman–Crippen LogP) is 3.96. The average Bonchev–Trinajstić information content (AvgIpc) is 2.79. The Balaban J connectivity index is 1.60. The van der Waals surface area contributed by atoms with E-state index in [1.807, 2.05) is 25.1 Å². The zero-order valence-electron chi connectivity index (χ0n) is 18.2. The first kappa shape index (κ1) is 23.0. The molecule has 1 heterocycles. The Kier molecular flexibility index (Phi) is 7.14. The summed E-state index contributed by atoms with van der Waals surface area (Å²) in [4.78, 5) is 12.8. The van der Waals surface area contributed by atoms with Gasteiger partial charge in [0.05, 0.1) is 16.5 Å². The summed E-state index contributed by atoms with van der Waals surface area (Å²) in [7, 11) is -3.75. The van der Waals surface area contributed by atoms with Gasteiger partial charge in [0.25, 0.3) is 0 Å². The monoisotopic (exact) mass is 439 g/mol. The molecule has 6 nitrogen and oxygen atoms in total. The van der Waals surface area contributed by atoms with Gasteiger partial charge < -0.3 is 5.32 Å². The van der Waals surface area contributed by atoms with Gasteiger partial charge >= 0.3 is 0 Å². The zero-order chi connectivity index (χ0) is 22.6. The molecule has 1 amide bonds. The number of rotatable bonds is 6. The Hall–Kier alpha value is -2.69. The summed E-state index contributed by atoms with van der Waals surface area (Å²) in [6, 6.07) is 16.3. The summed E-state index contributed by atoms with van der Waals surface area (Å²) in [5, 5.41) is 12.3. The predicted molar refractivity (Wildman–Crippen MR) is 120 cm³/mol. The number of carbonyl (C=O) groups excluding carboxylic acids is 1. The van der Waals surface area contributed by atoms with Gasteiger partial charge in [0.1, 0.15) is 6.07 Å². The minimum atomic E-state index is -3.75. The molecule has 1 N–H and O–H groups in total. The Morgan fingerprint density at radius 1 is 1.03 bits per heavy atom. The summed E-state index contributed by atoms with van der Waals surface area (Å²) in [6.45, 7) is 6.77. The fraction of sp³-hybridized carbons (Fsp3) is 0.417. The second-order valence-electron chi connectivity index (χ2n) is 8.34. The summed E-state index contributed by atoms with van der Waals surface area (Å²) in [5.41, 5.74) is 2.44. The molecule has 1 fully saturated rings. The van der Waals surface area contributed by atoms with Crippen LogP contribution in [-0.4, -0.2) is 31.7 Å². The molecular weight excluding hydrogens is 410 g/mol. The van der Waals surface area contributed by atoms with Gasteiger partial charge in [0.15, 0.2) is 0 Å². The number of nitrogens with one attached hydrogen (secondary N) is 1. The van der Waals surface area contributed by atoms with Gasteiger partial charge in [-0.3, -0.25) is 4.79 Å². The maximum Gasteiger partial charge on any atom is 0.244 e. The molecule has 0 aromatic heterocycles. The lowest BCUT2D eigenvalue weighted by Gasteiger charge is -2.31. The van der Waals surface area contributed by atoms with Crippen molar-refractivity contribution in [3.05, 3.63) is 65.2 Å². The van der Waals surface area contributed by atoms with Crippen molar-refractivity contribution in [2.75, 3.05) is 13.1 Å². The third-order valence-corrected chi connectivity index (χ3v) is 7.87. The molecule has 164 valence electrons. The number of hydrogen-bond acceptors (Lipinski definition) is 4. The number of nitrogens with zero attached hydrogens (tertiary/aromatic N) is 2. The van der Waals surface area contributed by atoms with Crippen LogP contribution < -0.4 is 5.32 Å². The van der Waals surface area contributed by atoms with Crippen LogP contribution in [-0.2, 0) is 14.8 Å². The first-order valence-electron chi connectivity index (χ1n) is 10.6. The Labute approximate surface area is 184 Å². The average molecular weight is 440 g/mol. The number of amides is 1. The topological polar surface area (TPSA) is 90.3 Å². The van der Waals surface area contributed by atoms with E-state index in [2.05, 4.69) is 31.3 Å². The second-order valence-corrected chi connectivity index (χ2v) is 10.2. The minimum Gasteiger partial charge on any atom is -0.349 e. The third-order valence-electron chi connectivity index (χ3n) is 5.91. The number of sulfonamides is 1. The molecule has 7 heteroatoms. The molecule has 2 aromatic carbocycles. The van der Waals surface area contributed by atoms with Gasteiger partial charge in [0.2, 0.25) is 15.9 Å². The van der Waals surface area contributed by atoms with E-state index in [-0.39, 0.29) is 41.4 Å². The molecule has 0 radical (unpaired) electrons. The van der Waals surface area contributed by atoms with Crippen LogP contribution in [0.15, 0.2) is 53.4 Å². The zero-order valence-corrected chi connectivity index (χ0v) is 19.0. The Morgan fingerprint density at radius 2 is 1.61 bits per heavy atom. The van der Waals surface area contributed by atoms with Gasteiger partial charge in [0, 0.05) is 19.0 Å². The lowest BCUT2D eigenvalue weighted by molar-refractivity contribution is -0.126. The van der Waals surface area contributed by atoms with Crippen LogP contribution in [0.1, 0.15) is 62.3 Å². The quantitative estimate of drug-likeness (QED) is 0.738. The van der Waals surface area contributed by atoms with Crippen LogP contribution in [0.3, 0.4) is 0 Å². The van der Waals surface area contributed by atoms with Gasteiger partial charge in [-0.15, -0.1) is 0 Å². The third kappa shape index (κ3) is 5.15. The van der Waals surface area contributed by atoms with Crippen molar-refractivity contribution < 1.29 is 13.2 Å². The molecule has 0 saturated carbocycles. The highest BCUT2D eigenvalue weighted by molar-refractivity contribution is 7.89. The molecule has 1 unspecified atom stereocenters. The minimum absolute atomic E-state index is 0.0267. The number of benzene rings is 2. The lowest BCUT2D eigenvalue weighted by atomic mass is 9.96. The first-order chi connectivity index (χ1) is 14.7. The van der Waals surface area contributed by atoms with E-state index < -0.39 is 10.0 Å². The smallest absolute Gasteiger partial charge is 0.244 e. The van der Waals surface area contributed by atoms with Crippen molar-refractivity contribution in [1.82, 2.24) is 9.62 Å². The SMILES string of the molecule is CC(C)c1ccc(C(C)NC(=O)C2CCN(S(=O)(=O)c3ccccc3C#N)CC2)cc1. The molecule has 0 spiro atoms. The van der Waals surface area contributed by atoms with E-state index in [9.17, 15) is 18.5 Å². The van der Waals surface area contributed by atoms with Gasteiger partial charge in [-0.05, 0) is 48.9 Å². The lowest BCUT2D eigenvalue weighted by Crippen LogP contribution is -2.43. The van der Waals surface area contributed by atoms with E-state index in [0.717, 1.165) is 5.56 Å². The van der Waals surface area contributed by atoms with Crippen LogP contribution in [0.5, 0.6) is 0 Å². The van der Waals surface area contributed by atoms with Crippen LogP contribution in [0, 0.1) is 17.2 Å². The standard InChI is InChI=1S/C24H29N3O3S/c1-17(2)19-8-10-20(11-9-19)18(3)26-24(28)21-12-14-27(15-13-21)31(29,30)23-7-5-4-6-22(23)16-25/h4-11,17-18,21H,12-15H2,1-3H3,(H,26,28). The van der Waals surface area contributed by atoms with Gasteiger partial charge in [-0.25, -0.2) is 8.42 Å². The Morgan fingerprint density at radius 3 is 2.19 bits per heavy atom. The van der Waals surface area contributed by atoms with E-state index in [4.69, 9.17) is 0 Å². The molecule has 1 atom stereocenters. The molecule has 3 rings (SSSR count). The van der Waals surface area contributed by atoms with Crippen molar-refractivity contribution in [3.8, 4) is 6.07 Å². The molecule has 0 aliphatic carbocycles. The van der Waals surface area contributed by atoms with Crippen molar-refractivity contribution in [3.63, 3.8) is 0 Å². The normalized spacial score (nSPS) is 16.6. The molecular formula is C24H29N3O3S. The summed E-state index contributed by atoms with van der Waals surface area (Å²) in [6.07, 6.45) is 0.914. The van der Waals surface area contributed by atoms with Crippen molar-refractivity contribution >= 4 is 15.9 Å². The van der Waals surface area contributed by atoms with E-state index in [1.165, 1.54) is 22.0 Å². The van der Waals surface area contributed by atoms with Crippen LogP contribution in [0.2, 0.25) is 0 Å². The van der Waals surface area contributed by atoms with Crippen molar-refractivity contribution in [2.45, 2.75) is 50.5 Å². The van der Waals surface area contributed by atoms with Gasteiger partial charge in [-0.1, -0.05) is 50.2 Å².